The van der Waals surface area contributed by atoms with Crippen molar-refractivity contribution in [3.05, 3.63) is 35.5 Å². The second kappa shape index (κ2) is 7.64. The van der Waals surface area contributed by atoms with E-state index in [-0.39, 0.29) is 42.0 Å². The van der Waals surface area contributed by atoms with E-state index in [1.54, 1.807) is 0 Å². The number of esters is 1. The summed E-state index contributed by atoms with van der Waals surface area (Å²) in [7, 11) is 3.55. The molecule has 1 aromatic heterocycles. The van der Waals surface area contributed by atoms with Gasteiger partial charge in [0.05, 0.1) is 18.7 Å². The minimum absolute atomic E-state index is 0. The molecular formula is C21H27ClN2O3. The number of ketones is 1. The number of H-pyrrole nitrogens is 1. The van der Waals surface area contributed by atoms with Gasteiger partial charge in [0.15, 0.2) is 5.78 Å². The van der Waals surface area contributed by atoms with Crippen molar-refractivity contribution in [2.24, 2.45) is 17.8 Å². The zero-order chi connectivity index (χ0) is 18.4. The van der Waals surface area contributed by atoms with Gasteiger partial charge in [-0.3, -0.25) is 9.59 Å². The summed E-state index contributed by atoms with van der Waals surface area (Å²) in [6, 6.07) is 8.10. The molecule has 1 aromatic carbocycles. The maximum absolute atomic E-state index is 13.1. The van der Waals surface area contributed by atoms with Crippen LogP contribution in [0.3, 0.4) is 0 Å². The van der Waals surface area contributed by atoms with E-state index in [1.807, 2.05) is 18.2 Å². The summed E-state index contributed by atoms with van der Waals surface area (Å²) in [6.45, 7) is 3.06. The van der Waals surface area contributed by atoms with Crippen LogP contribution in [0.25, 0.3) is 10.9 Å². The van der Waals surface area contributed by atoms with Crippen molar-refractivity contribution in [1.29, 1.82) is 0 Å². The third-order valence-electron chi connectivity index (χ3n) is 6.49. The quantitative estimate of drug-likeness (QED) is 0.797. The van der Waals surface area contributed by atoms with Gasteiger partial charge in [-0.15, -0.1) is 12.4 Å². The Morgan fingerprint density at radius 3 is 2.74 bits per heavy atom. The fourth-order valence-corrected chi connectivity index (χ4v) is 5.15. The number of nitrogens with zero attached hydrogens (tertiary/aromatic N) is 1. The second-order valence-electron chi connectivity index (χ2n) is 7.74. The normalized spacial score (nSPS) is 28.0. The van der Waals surface area contributed by atoms with Gasteiger partial charge >= 0.3 is 5.97 Å². The SMILES string of the molecule is CC[C@H]1CN(C)[C@H]2Cc3c([nH]c4ccccc34)C(=O)CC1[C@H]2C(=O)OC.Cl. The average molecular weight is 391 g/mol. The smallest absolute Gasteiger partial charge is 0.310 e. The number of rotatable bonds is 2. The number of ether oxygens (including phenoxy) is 1. The molecule has 2 aliphatic rings. The van der Waals surface area contributed by atoms with Crippen LogP contribution in [-0.4, -0.2) is 48.4 Å². The predicted molar refractivity (Wildman–Crippen MR) is 107 cm³/mol. The van der Waals surface area contributed by atoms with Crippen LogP contribution in [0.2, 0.25) is 0 Å². The molecule has 0 radical (unpaired) electrons. The Labute approximate surface area is 165 Å². The lowest BCUT2D eigenvalue weighted by atomic mass is 9.67. The molecule has 4 atom stereocenters. The zero-order valence-corrected chi connectivity index (χ0v) is 16.8. The molecule has 0 saturated carbocycles. The van der Waals surface area contributed by atoms with E-state index in [0.29, 0.717) is 18.8 Å². The zero-order valence-electron chi connectivity index (χ0n) is 16.0. The molecule has 2 bridgehead atoms. The van der Waals surface area contributed by atoms with Gasteiger partial charge < -0.3 is 14.6 Å². The molecule has 1 aliphatic heterocycles. The number of hydrogen-bond donors (Lipinski definition) is 1. The number of piperidine rings is 1. The number of fused-ring (bicyclic) bond motifs is 5. The number of halogens is 1. The van der Waals surface area contributed by atoms with E-state index in [9.17, 15) is 9.59 Å². The number of carbonyl (C=O) groups excluding carboxylic acids is 2. The highest BCUT2D eigenvalue weighted by Gasteiger charge is 2.48. The summed E-state index contributed by atoms with van der Waals surface area (Å²) in [4.78, 5) is 31.5. The fraction of sp³-hybridized carbons (Fsp3) is 0.524. The van der Waals surface area contributed by atoms with Crippen LogP contribution >= 0.6 is 12.4 Å². The van der Waals surface area contributed by atoms with Crippen molar-refractivity contribution in [3.8, 4) is 0 Å². The highest BCUT2D eigenvalue weighted by molar-refractivity contribution is 6.03. The first-order valence-corrected chi connectivity index (χ1v) is 9.46. The maximum Gasteiger partial charge on any atom is 0.310 e. The van der Waals surface area contributed by atoms with E-state index in [1.165, 1.54) is 7.11 Å². The predicted octanol–water partition coefficient (Wildman–Crippen LogP) is 3.46. The number of aromatic amines is 1. The van der Waals surface area contributed by atoms with Crippen LogP contribution in [0.1, 0.15) is 35.8 Å². The molecule has 4 rings (SSSR count). The van der Waals surface area contributed by atoms with Crippen LogP contribution in [0.15, 0.2) is 24.3 Å². The Bertz CT molecular complexity index is 862. The fourth-order valence-electron chi connectivity index (χ4n) is 5.15. The number of hydrogen-bond acceptors (Lipinski definition) is 4. The number of likely N-dealkylation sites (N-methyl/N-ethyl adjacent to an activating group) is 1. The number of likely N-dealkylation sites (tertiary alicyclic amines) is 1. The molecule has 1 aliphatic carbocycles. The van der Waals surface area contributed by atoms with E-state index >= 15 is 0 Å². The number of carbonyl (C=O) groups is 2. The largest absolute Gasteiger partial charge is 0.469 e. The van der Waals surface area contributed by atoms with E-state index < -0.39 is 0 Å². The van der Waals surface area contributed by atoms with Gasteiger partial charge in [0.1, 0.15) is 0 Å². The molecule has 1 saturated heterocycles. The van der Waals surface area contributed by atoms with Gasteiger partial charge in [-0.25, -0.2) is 0 Å². The first-order valence-electron chi connectivity index (χ1n) is 9.46. The van der Waals surface area contributed by atoms with Gasteiger partial charge in [0.25, 0.3) is 0 Å². The number of methoxy groups -OCH3 is 1. The summed E-state index contributed by atoms with van der Waals surface area (Å²) >= 11 is 0. The van der Waals surface area contributed by atoms with Crippen molar-refractivity contribution in [1.82, 2.24) is 9.88 Å². The van der Waals surface area contributed by atoms with Crippen LogP contribution in [0.5, 0.6) is 0 Å². The molecule has 1 N–H and O–H groups in total. The lowest BCUT2D eigenvalue weighted by Crippen LogP contribution is -2.56. The molecule has 1 unspecified atom stereocenters. The summed E-state index contributed by atoms with van der Waals surface area (Å²) in [6.07, 6.45) is 2.05. The lowest BCUT2D eigenvalue weighted by molar-refractivity contribution is -0.154. The van der Waals surface area contributed by atoms with Gasteiger partial charge in [-0.05, 0) is 36.9 Å². The first-order chi connectivity index (χ1) is 12.5. The minimum Gasteiger partial charge on any atom is -0.469 e. The highest BCUT2D eigenvalue weighted by atomic mass is 35.5. The molecule has 1 fully saturated rings. The van der Waals surface area contributed by atoms with Crippen LogP contribution in [0.4, 0.5) is 0 Å². The number of benzene rings is 1. The standard InChI is InChI=1S/C21H26N2O3.ClH/c1-4-12-11-23(2)17-9-15-13-7-5-6-8-16(13)22-20(15)18(24)10-14(12)19(17)21(25)26-3;/h5-8,12,14,17,19,22H,4,9-11H2,1-3H3;1H/t12-,14?,17-,19+;/m0./s1. The molecule has 2 aromatic rings. The lowest BCUT2D eigenvalue weighted by Gasteiger charge is -2.47. The Hall–Kier alpha value is -1.85. The van der Waals surface area contributed by atoms with Gasteiger partial charge in [-0.1, -0.05) is 31.5 Å². The summed E-state index contributed by atoms with van der Waals surface area (Å²) in [5.41, 5.74) is 2.77. The van der Waals surface area contributed by atoms with Crippen LogP contribution in [-0.2, 0) is 16.0 Å². The molecule has 5 nitrogen and oxygen atoms in total. The first kappa shape index (κ1) is 19.9. The summed E-state index contributed by atoms with van der Waals surface area (Å²) in [5, 5.41) is 1.09. The van der Waals surface area contributed by atoms with E-state index in [2.05, 4.69) is 29.9 Å². The number of aromatic nitrogens is 1. The van der Waals surface area contributed by atoms with Crippen molar-refractivity contribution in [2.75, 3.05) is 20.7 Å². The Morgan fingerprint density at radius 1 is 1.30 bits per heavy atom. The number of Topliss-reactive ketones (excluding diaryl/α,β-unsaturated/α-hetero) is 1. The third kappa shape index (κ3) is 3.17. The highest BCUT2D eigenvalue weighted by Crippen LogP contribution is 2.42. The van der Waals surface area contributed by atoms with E-state index in [4.69, 9.17) is 4.74 Å². The molecule has 2 heterocycles. The Balaban J connectivity index is 0.00000210. The van der Waals surface area contributed by atoms with Crippen molar-refractivity contribution in [2.45, 2.75) is 32.2 Å². The molecule has 27 heavy (non-hydrogen) atoms. The van der Waals surface area contributed by atoms with Crippen molar-refractivity contribution >= 4 is 35.1 Å². The molecular weight excluding hydrogens is 364 g/mol. The molecule has 146 valence electrons. The Morgan fingerprint density at radius 2 is 2.04 bits per heavy atom. The van der Waals surface area contributed by atoms with Crippen LogP contribution < -0.4 is 0 Å². The molecule has 0 amide bonds. The van der Waals surface area contributed by atoms with Crippen molar-refractivity contribution in [3.63, 3.8) is 0 Å². The molecule has 6 heteroatoms. The summed E-state index contributed by atoms with van der Waals surface area (Å²) < 4.78 is 5.17. The van der Waals surface area contributed by atoms with E-state index in [0.717, 1.165) is 35.1 Å². The maximum atomic E-state index is 13.1. The van der Waals surface area contributed by atoms with Gasteiger partial charge in [0, 0.05) is 29.9 Å². The van der Waals surface area contributed by atoms with Crippen LogP contribution in [0, 0.1) is 17.8 Å². The minimum atomic E-state index is -0.255. The topological polar surface area (TPSA) is 62.4 Å². The number of para-hydroxylation sites is 1. The second-order valence-corrected chi connectivity index (χ2v) is 7.74. The average Bonchev–Trinajstić information content (AvgIpc) is 3.01. The third-order valence-corrected chi connectivity index (χ3v) is 6.49. The number of nitrogens with one attached hydrogen (secondary N) is 1. The molecule has 0 spiro atoms. The Kier molecular flexibility index (Phi) is 5.63. The summed E-state index contributed by atoms with van der Waals surface area (Å²) in [5.74, 6) is 0.0584. The van der Waals surface area contributed by atoms with Gasteiger partial charge in [0.2, 0.25) is 0 Å². The van der Waals surface area contributed by atoms with Gasteiger partial charge in [-0.2, -0.15) is 0 Å². The monoisotopic (exact) mass is 390 g/mol. The van der Waals surface area contributed by atoms with Crippen molar-refractivity contribution < 1.29 is 14.3 Å².